The number of benzene rings is 2. The molecule has 0 spiro atoms. The monoisotopic (exact) mass is 367 g/mol. The van der Waals surface area contributed by atoms with Gasteiger partial charge >= 0.3 is 0 Å². The predicted molar refractivity (Wildman–Crippen MR) is 92.7 cm³/mol. The smallest absolute Gasteiger partial charge is 0.210 e. The largest absolute Gasteiger partial charge is 0.733 e. The Kier molecular flexibility index (Phi) is 4.65. The number of anilines is 3. The molecule has 0 fully saturated rings. The van der Waals surface area contributed by atoms with Gasteiger partial charge in [0.05, 0.1) is 10.7 Å². The SMILES string of the molecule is [O-]N(O)c1ccc(Nc2nnc(-c3ccc(Cl)cc3Cl)s2)cc1. The lowest BCUT2D eigenvalue weighted by atomic mass is 10.2. The average Bonchev–Trinajstić information content (AvgIpc) is 2.96. The molecule has 23 heavy (non-hydrogen) atoms. The molecule has 0 radical (unpaired) electrons. The van der Waals surface area contributed by atoms with Crippen molar-refractivity contribution in [3.63, 3.8) is 0 Å². The van der Waals surface area contributed by atoms with Crippen LogP contribution in [-0.4, -0.2) is 15.4 Å². The van der Waals surface area contributed by atoms with Crippen LogP contribution in [0.5, 0.6) is 0 Å². The minimum atomic E-state index is -0.199. The molecular weight excluding hydrogens is 359 g/mol. The van der Waals surface area contributed by atoms with Gasteiger partial charge in [-0.1, -0.05) is 34.5 Å². The van der Waals surface area contributed by atoms with E-state index in [2.05, 4.69) is 15.5 Å². The van der Waals surface area contributed by atoms with E-state index in [0.29, 0.717) is 25.9 Å². The van der Waals surface area contributed by atoms with Crippen LogP contribution in [0.3, 0.4) is 0 Å². The Morgan fingerprint density at radius 3 is 2.48 bits per heavy atom. The predicted octanol–water partition coefficient (Wildman–Crippen LogP) is 4.95. The van der Waals surface area contributed by atoms with Crippen LogP contribution in [0.15, 0.2) is 42.5 Å². The maximum absolute atomic E-state index is 10.7. The zero-order chi connectivity index (χ0) is 16.4. The highest BCUT2D eigenvalue weighted by atomic mass is 35.5. The number of halogens is 2. The second-order valence-electron chi connectivity index (χ2n) is 4.48. The van der Waals surface area contributed by atoms with Crippen molar-refractivity contribution in [1.29, 1.82) is 0 Å². The van der Waals surface area contributed by atoms with E-state index in [1.165, 1.54) is 23.5 Å². The zero-order valence-corrected chi connectivity index (χ0v) is 13.7. The Labute approximate surface area is 145 Å². The van der Waals surface area contributed by atoms with Crippen LogP contribution in [-0.2, 0) is 0 Å². The Morgan fingerprint density at radius 2 is 1.83 bits per heavy atom. The lowest BCUT2D eigenvalue weighted by Crippen LogP contribution is -2.06. The zero-order valence-electron chi connectivity index (χ0n) is 11.4. The fraction of sp³-hybridized carbons (Fsp3) is 0. The molecule has 9 heteroatoms. The van der Waals surface area contributed by atoms with E-state index < -0.39 is 0 Å². The normalized spacial score (nSPS) is 10.6. The van der Waals surface area contributed by atoms with Crippen molar-refractivity contribution in [2.45, 2.75) is 0 Å². The summed E-state index contributed by atoms with van der Waals surface area (Å²) in [5, 5.41) is 32.8. The number of rotatable bonds is 4. The van der Waals surface area contributed by atoms with Gasteiger partial charge < -0.3 is 15.8 Å². The first-order chi connectivity index (χ1) is 11.0. The van der Waals surface area contributed by atoms with Gasteiger partial charge in [0.1, 0.15) is 0 Å². The summed E-state index contributed by atoms with van der Waals surface area (Å²) in [6, 6.07) is 11.4. The molecule has 0 aliphatic carbocycles. The maximum Gasteiger partial charge on any atom is 0.210 e. The fourth-order valence-electron chi connectivity index (χ4n) is 1.84. The first-order valence-corrected chi connectivity index (χ1v) is 7.92. The van der Waals surface area contributed by atoms with Gasteiger partial charge in [-0.2, -0.15) is 0 Å². The number of aromatic nitrogens is 2. The van der Waals surface area contributed by atoms with Crippen LogP contribution < -0.4 is 10.5 Å². The minimum Gasteiger partial charge on any atom is -0.733 e. The Bertz CT molecular complexity index is 824. The number of hydrogen-bond acceptors (Lipinski definition) is 7. The van der Waals surface area contributed by atoms with Gasteiger partial charge in [-0.15, -0.1) is 10.2 Å². The Balaban J connectivity index is 1.79. The van der Waals surface area contributed by atoms with E-state index >= 15 is 0 Å². The van der Waals surface area contributed by atoms with Crippen LogP contribution in [0.1, 0.15) is 0 Å². The van der Waals surface area contributed by atoms with Crippen LogP contribution in [0.2, 0.25) is 10.0 Å². The standard InChI is InChI=1S/C14H9Cl2N4O2S/c15-8-1-6-11(12(16)7-8)13-18-19-14(23-13)17-9-2-4-10(5-3-9)20(21)22/h1-7,21H,(H,17,19)/q-1. The molecule has 0 bridgehead atoms. The highest BCUT2D eigenvalue weighted by Gasteiger charge is 2.11. The number of nitrogens with one attached hydrogen (secondary N) is 1. The third-order valence-electron chi connectivity index (χ3n) is 2.93. The maximum atomic E-state index is 10.7. The molecule has 0 aliphatic heterocycles. The lowest BCUT2D eigenvalue weighted by Gasteiger charge is -2.21. The highest BCUT2D eigenvalue weighted by Crippen LogP contribution is 2.34. The molecule has 118 valence electrons. The average molecular weight is 368 g/mol. The molecule has 0 amide bonds. The second kappa shape index (κ2) is 6.69. The third-order valence-corrected chi connectivity index (χ3v) is 4.35. The second-order valence-corrected chi connectivity index (χ2v) is 6.30. The third kappa shape index (κ3) is 3.72. The van der Waals surface area contributed by atoms with Crippen molar-refractivity contribution >= 4 is 51.0 Å². The first-order valence-electron chi connectivity index (χ1n) is 6.35. The van der Waals surface area contributed by atoms with E-state index in [4.69, 9.17) is 28.4 Å². The molecule has 3 rings (SSSR count). The van der Waals surface area contributed by atoms with Gasteiger partial charge in [-0.25, -0.2) is 0 Å². The van der Waals surface area contributed by atoms with Crippen molar-refractivity contribution < 1.29 is 5.21 Å². The van der Waals surface area contributed by atoms with Gasteiger partial charge in [0.2, 0.25) is 5.13 Å². The van der Waals surface area contributed by atoms with Gasteiger partial charge in [0.15, 0.2) is 5.01 Å². The molecule has 0 saturated carbocycles. The van der Waals surface area contributed by atoms with Gasteiger partial charge in [0.25, 0.3) is 0 Å². The van der Waals surface area contributed by atoms with Crippen molar-refractivity contribution in [3.8, 4) is 10.6 Å². The topological polar surface area (TPSA) is 84.3 Å². The van der Waals surface area contributed by atoms with E-state index in [0.717, 1.165) is 5.56 Å². The summed E-state index contributed by atoms with van der Waals surface area (Å²) in [6.45, 7) is 0. The molecule has 2 N–H and O–H groups in total. The van der Waals surface area contributed by atoms with E-state index in [-0.39, 0.29) is 10.9 Å². The molecule has 2 aromatic carbocycles. The van der Waals surface area contributed by atoms with Crippen molar-refractivity contribution in [1.82, 2.24) is 10.2 Å². The summed E-state index contributed by atoms with van der Waals surface area (Å²) in [5.74, 6) is 0. The lowest BCUT2D eigenvalue weighted by molar-refractivity contribution is 0.296. The van der Waals surface area contributed by atoms with Crippen LogP contribution in [0, 0.1) is 5.21 Å². The van der Waals surface area contributed by atoms with Crippen molar-refractivity contribution in [2.75, 3.05) is 10.5 Å². The van der Waals surface area contributed by atoms with Crippen LogP contribution >= 0.6 is 34.5 Å². The van der Waals surface area contributed by atoms with Crippen molar-refractivity contribution in [2.24, 2.45) is 0 Å². The quantitative estimate of drug-likeness (QED) is 0.634. The molecule has 1 heterocycles. The molecule has 6 nitrogen and oxygen atoms in total. The van der Waals surface area contributed by atoms with E-state index in [1.807, 2.05) is 0 Å². The number of hydrogen-bond donors (Lipinski definition) is 2. The molecule has 0 unspecified atom stereocenters. The minimum absolute atomic E-state index is 0.140. The molecule has 1 aromatic heterocycles. The van der Waals surface area contributed by atoms with E-state index in [1.54, 1.807) is 30.3 Å². The van der Waals surface area contributed by atoms with Gasteiger partial charge in [-0.05, 0) is 42.5 Å². The van der Waals surface area contributed by atoms with Gasteiger partial charge in [0, 0.05) is 16.3 Å². The molecule has 0 saturated heterocycles. The summed E-state index contributed by atoms with van der Waals surface area (Å²) < 4.78 is 0. The number of nitrogens with zero attached hydrogens (tertiary/aromatic N) is 3. The Hall–Kier alpha value is -1.90. The van der Waals surface area contributed by atoms with E-state index in [9.17, 15) is 5.21 Å². The highest BCUT2D eigenvalue weighted by molar-refractivity contribution is 7.18. The first kappa shape index (κ1) is 16.0. The molecular formula is C14H9Cl2N4O2S-. The summed E-state index contributed by atoms with van der Waals surface area (Å²) in [7, 11) is 0. The fourth-order valence-corrected chi connectivity index (χ4v) is 3.20. The van der Waals surface area contributed by atoms with Gasteiger partial charge in [-0.3, -0.25) is 5.21 Å². The summed E-state index contributed by atoms with van der Waals surface area (Å²) in [5.41, 5.74) is 1.60. The van der Waals surface area contributed by atoms with Crippen LogP contribution in [0.4, 0.5) is 16.5 Å². The van der Waals surface area contributed by atoms with Crippen molar-refractivity contribution in [3.05, 3.63) is 57.7 Å². The Morgan fingerprint density at radius 1 is 1.09 bits per heavy atom. The molecule has 3 aromatic rings. The summed E-state index contributed by atoms with van der Waals surface area (Å²) >= 11 is 13.4. The van der Waals surface area contributed by atoms with Crippen LogP contribution in [0.25, 0.3) is 10.6 Å². The molecule has 0 atom stereocenters. The summed E-state index contributed by atoms with van der Waals surface area (Å²) in [4.78, 5) is 0. The summed E-state index contributed by atoms with van der Waals surface area (Å²) in [6.07, 6.45) is 0. The molecule has 0 aliphatic rings.